The Labute approximate surface area is 241 Å². The summed E-state index contributed by atoms with van der Waals surface area (Å²) in [5, 5.41) is 3.96. The normalized spacial score (nSPS) is 27.0. The molecule has 3 aliphatic rings. The summed E-state index contributed by atoms with van der Waals surface area (Å²) in [7, 11) is 1.68. The maximum absolute atomic E-state index is 14.5. The van der Waals surface area contributed by atoms with Gasteiger partial charge in [0.15, 0.2) is 10.2 Å². The number of aromatic amines is 1. The van der Waals surface area contributed by atoms with Crippen molar-refractivity contribution in [1.82, 2.24) is 14.8 Å². The number of nitrogens with zero attached hydrogens (tertiary/aromatic N) is 2. The molecule has 0 spiro atoms. The summed E-state index contributed by atoms with van der Waals surface area (Å²) in [4.78, 5) is 58.1. The fourth-order valence-electron chi connectivity index (χ4n) is 6.59. The number of rotatable bonds is 9. The molecule has 2 fully saturated rings. The van der Waals surface area contributed by atoms with Crippen LogP contribution in [0.1, 0.15) is 44.2 Å². The van der Waals surface area contributed by atoms with Gasteiger partial charge in [0.05, 0.1) is 5.41 Å². The minimum Gasteiger partial charge on any atom is -0.364 e. The molecule has 1 aromatic heterocycles. The molecule has 4 heterocycles. The van der Waals surface area contributed by atoms with Crippen LogP contribution in [0.3, 0.4) is 0 Å². The maximum atomic E-state index is 14.5. The molecule has 2 aromatic carbocycles. The molecule has 2 saturated heterocycles. The van der Waals surface area contributed by atoms with E-state index in [0.717, 1.165) is 27.7 Å². The lowest BCUT2D eigenvalue weighted by Crippen LogP contribution is -2.68. The first-order valence-electron chi connectivity index (χ1n) is 13.5. The van der Waals surface area contributed by atoms with E-state index in [4.69, 9.17) is 0 Å². The molecule has 2 N–H and O–H groups in total. The Morgan fingerprint density at radius 3 is 2.45 bits per heavy atom. The van der Waals surface area contributed by atoms with E-state index in [-0.39, 0.29) is 23.4 Å². The molecule has 208 valence electrons. The predicted octanol–water partition coefficient (Wildman–Crippen LogP) is 4.36. The maximum Gasteiger partial charge on any atom is 0.260 e. The number of aromatic nitrogens is 1. The Bertz CT molecular complexity index is 1540. The zero-order valence-electron chi connectivity index (χ0n) is 22.7. The fourth-order valence-corrected chi connectivity index (χ4v) is 9.45. The van der Waals surface area contributed by atoms with Crippen molar-refractivity contribution in [2.24, 2.45) is 0 Å². The number of H-pyrrole nitrogens is 1. The van der Waals surface area contributed by atoms with Crippen molar-refractivity contribution in [3.8, 4) is 0 Å². The van der Waals surface area contributed by atoms with Crippen LogP contribution in [0.25, 0.3) is 10.9 Å². The van der Waals surface area contributed by atoms with Gasteiger partial charge in [-0.25, -0.2) is 0 Å². The van der Waals surface area contributed by atoms with Gasteiger partial charge in [-0.15, -0.1) is 23.5 Å². The Balaban J connectivity index is 1.53. The number of fused-ring (bicyclic) bond motifs is 6. The quantitative estimate of drug-likeness (QED) is 0.390. The highest BCUT2D eigenvalue weighted by molar-refractivity contribution is 8.01. The number of carbonyl (C=O) groups is 4. The van der Waals surface area contributed by atoms with E-state index in [2.05, 4.69) is 22.4 Å². The van der Waals surface area contributed by atoms with Crippen LogP contribution in [0, 0.1) is 0 Å². The minimum absolute atomic E-state index is 0.0454. The molecule has 4 atom stereocenters. The zero-order valence-corrected chi connectivity index (χ0v) is 24.4. The lowest BCUT2D eigenvalue weighted by molar-refractivity contribution is -0.157. The zero-order chi connectivity index (χ0) is 28.2. The first kappa shape index (κ1) is 27.0. The van der Waals surface area contributed by atoms with E-state index in [1.807, 2.05) is 42.6 Å². The van der Waals surface area contributed by atoms with Crippen molar-refractivity contribution in [3.05, 3.63) is 65.9 Å². The number of ketones is 2. The number of Topliss-reactive ketones (excluding diaryl/α,β-unsaturated/α-hetero) is 2. The summed E-state index contributed by atoms with van der Waals surface area (Å²) in [5.74, 6) is 0.675. The number of carbonyl (C=O) groups excluding carboxylic acids is 4. The van der Waals surface area contributed by atoms with Gasteiger partial charge in [0.2, 0.25) is 0 Å². The van der Waals surface area contributed by atoms with Gasteiger partial charge in [-0.3, -0.25) is 24.1 Å². The van der Waals surface area contributed by atoms with Crippen LogP contribution in [0.15, 0.2) is 54.7 Å². The second kappa shape index (κ2) is 9.99. The standard InChI is InChI=1S/C30H32N4O4S2/c1-18(35)12-14-39-26-25(37)34-27-29(21-9-5-7-11-24(21)32-27,22-16-31-23-10-6-4-8-20(22)23)17-30(34,28(38)33(26)3)40-15-13-19(2)36/h4-11,16,26-27,31-32H,12-15,17H2,1-3H3/t26-,27+,29+,30-/m0/s1. The second-order valence-electron chi connectivity index (χ2n) is 10.9. The van der Waals surface area contributed by atoms with Crippen LogP contribution in [-0.4, -0.2) is 73.1 Å². The molecular formula is C30H32N4O4S2. The SMILES string of the molecule is CC(=O)CCS[C@H]1C(=O)N2[C@H]3Nc4ccccc4[C@@]3(c3c[nH]c4ccccc34)C[C@]2(SCCC(C)=O)C(=O)N1C. The smallest absolute Gasteiger partial charge is 0.260 e. The number of benzene rings is 2. The first-order chi connectivity index (χ1) is 19.2. The van der Waals surface area contributed by atoms with E-state index in [0.29, 0.717) is 30.8 Å². The molecule has 8 nitrogen and oxygen atoms in total. The van der Waals surface area contributed by atoms with E-state index in [1.165, 1.54) is 30.4 Å². The van der Waals surface area contributed by atoms with Crippen molar-refractivity contribution in [2.45, 2.75) is 54.9 Å². The number of para-hydroxylation sites is 2. The molecule has 3 aliphatic heterocycles. The summed E-state index contributed by atoms with van der Waals surface area (Å²) in [6, 6.07) is 16.2. The van der Waals surface area contributed by atoms with Crippen molar-refractivity contribution < 1.29 is 19.2 Å². The van der Waals surface area contributed by atoms with Gasteiger partial charge in [0, 0.05) is 60.6 Å². The summed E-state index contributed by atoms with van der Waals surface area (Å²) in [6.07, 6.45) is 2.54. The minimum atomic E-state index is -1.19. The van der Waals surface area contributed by atoms with Crippen LogP contribution in [0.5, 0.6) is 0 Å². The molecule has 2 amide bonds. The van der Waals surface area contributed by atoms with Crippen molar-refractivity contribution >= 4 is 63.5 Å². The monoisotopic (exact) mass is 576 g/mol. The number of likely N-dealkylation sites (N-methyl/N-ethyl adjacent to an activating group) is 1. The highest BCUT2D eigenvalue weighted by Crippen LogP contribution is 2.63. The first-order valence-corrected chi connectivity index (χ1v) is 15.5. The lowest BCUT2D eigenvalue weighted by atomic mass is 9.72. The van der Waals surface area contributed by atoms with E-state index in [9.17, 15) is 19.2 Å². The Morgan fingerprint density at radius 2 is 1.68 bits per heavy atom. The van der Waals surface area contributed by atoms with E-state index < -0.39 is 21.8 Å². The molecule has 10 heteroatoms. The molecule has 0 unspecified atom stereocenters. The molecule has 0 aliphatic carbocycles. The third-order valence-electron chi connectivity index (χ3n) is 8.38. The molecule has 6 rings (SSSR count). The van der Waals surface area contributed by atoms with Crippen LogP contribution in [-0.2, 0) is 24.6 Å². The van der Waals surface area contributed by atoms with Crippen LogP contribution in [0.2, 0.25) is 0 Å². The molecule has 0 radical (unpaired) electrons. The summed E-state index contributed by atoms with van der Waals surface area (Å²) in [6.45, 7) is 3.08. The number of amides is 2. The molecular weight excluding hydrogens is 544 g/mol. The van der Waals surface area contributed by atoms with Crippen molar-refractivity contribution in [1.29, 1.82) is 0 Å². The largest absolute Gasteiger partial charge is 0.364 e. The predicted molar refractivity (Wildman–Crippen MR) is 159 cm³/mol. The van der Waals surface area contributed by atoms with Crippen molar-refractivity contribution in [2.75, 3.05) is 23.9 Å². The number of nitrogens with one attached hydrogen (secondary N) is 2. The van der Waals surface area contributed by atoms with Gasteiger partial charge in [0.25, 0.3) is 11.8 Å². The summed E-state index contributed by atoms with van der Waals surface area (Å²) < 4.78 is 0. The summed E-state index contributed by atoms with van der Waals surface area (Å²) >= 11 is 2.74. The average molecular weight is 577 g/mol. The third kappa shape index (κ3) is 3.90. The van der Waals surface area contributed by atoms with Gasteiger partial charge < -0.3 is 15.2 Å². The number of hydrogen-bond acceptors (Lipinski definition) is 7. The topological polar surface area (TPSA) is 103 Å². The van der Waals surface area contributed by atoms with Crippen LogP contribution < -0.4 is 5.32 Å². The van der Waals surface area contributed by atoms with Gasteiger partial charge in [-0.2, -0.15) is 0 Å². The Hall–Kier alpha value is -3.24. The lowest BCUT2D eigenvalue weighted by Gasteiger charge is -2.48. The number of hydrogen-bond donors (Lipinski definition) is 2. The highest BCUT2D eigenvalue weighted by Gasteiger charge is 2.72. The van der Waals surface area contributed by atoms with Crippen LogP contribution >= 0.6 is 23.5 Å². The van der Waals surface area contributed by atoms with E-state index in [1.54, 1.807) is 23.8 Å². The van der Waals surface area contributed by atoms with Gasteiger partial charge in [0.1, 0.15) is 17.7 Å². The highest BCUT2D eigenvalue weighted by atomic mass is 32.2. The number of thioether (sulfide) groups is 2. The van der Waals surface area contributed by atoms with Gasteiger partial charge in [-0.05, 0) is 37.1 Å². The van der Waals surface area contributed by atoms with E-state index >= 15 is 0 Å². The Kier molecular flexibility index (Phi) is 6.73. The van der Waals surface area contributed by atoms with Gasteiger partial charge in [-0.1, -0.05) is 36.4 Å². The third-order valence-corrected chi connectivity index (χ3v) is 11.1. The molecule has 3 aromatic rings. The Morgan fingerprint density at radius 1 is 0.975 bits per heavy atom. The van der Waals surface area contributed by atoms with Crippen molar-refractivity contribution in [3.63, 3.8) is 0 Å². The number of anilines is 1. The second-order valence-corrected chi connectivity index (χ2v) is 13.4. The number of piperazine rings is 1. The summed E-state index contributed by atoms with van der Waals surface area (Å²) in [5.41, 5.74) is 3.32. The fraction of sp³-hybridized carbons (Fsp3) is 0.400. The van der Waals surface area contributed by atoms with Crippen LogP contribution in [0.4, 0.5) is 5.69 Å². The molecule has 40 heavy (non-hydrogen) atoms. The van der Waals surface area contributed by atoms with Gasteiger partial charge >= 0.3 is 0 Å². The molecule has 0 saturated carbocycles. The average Bonchev–Trinajstić information content (AvgIpc) is 3.57. The molecule has 0 bridgehead atoms.